The molecule has 9 nitrogen and oxygen atoms in total. The van der Waals surface area contributed by atoms with Gasteiger partial charge in [0.1, 0.15) is 24.4 Å². The topological polar surface area (TPSA) is 169 Å². The molecule has 0 aromatic heterocycles. The van der Waals surface area contributed by atoms with Gasteiger partial charge in [-0.25, -0.2) is 4.39 Å². The maximum atomic E-state index is 16.9. The zero-order valence-electron chi connectivity index (χ0n) is 32.3. The highest BCUT2D eigenvalue weighted by molar-refractivity contribution is 6.34. The molecule has 0 heterocycles. The monoisotopic (exact) mass is 804 g/mol. The predicted octanol–water partition coefficient (Wildman–Crippen LogP) is 5.06. The first-order chi connectivity index (χ1) is 25.5. The van der Waals surface area contributed by atoms with Crippen molar-refractivity contribution in [3.63, 3.8) is 0 Å². The second-order valence-corrected chi connectivity index (χ2v) is 20.1. The molecule has 15 atom stereocenters. The van der Waals surface area contributed by atoms with Gasteiger partial charge in [0.2, 0.25) is 0 Å². The molecule has 0 aliphatic heterocycles. The second-order valence-electron chi connectivity index (χ2n) is 18.9. The van der Waals surface area contributed by atoms with Gasteiger partial charge in [-0.15, -0.1) is 23.2 Å². The summed E-state index contributed by atoms with van der Waals surface area (Å²) in [6, 6.07) is 0. The minimum atomic E-state index is -1.98. The van der Waals surface area contributed by atoms with Crippen LogP contribution in [0.5, 0.6) is 0 Å². The first kappa shape index (κ1) is 41.1. The van der Waals surface area contributed by atoms with E-state index in [1.807, 2.05) is 13.0 Å². The zero-order valence-corrected chi connectivity index (χ0v) is 33.8. The van der Waals surface area contributed by atoms with Crippen LogP contribution in [-0.2, 0) is 19.2 Å². The number of fused-ring (bicyclic) bond motifs is 10. The fourth-order valence-corrected chi connectivity index (χ4v) is 15.2. The lowest BCUT2D eigenvalue weighted by atomic mass is 9.44. The number of hydrogen-bond donors (Lipinski definition) is 5. The molecule has 55 heavy (non-hydrogen) atoms. The van der Waals surface area contributed by atoms with Crippen molar-refractivity contribution in [2.45, 2.75) is 126 Å². The molecule has 12 heteroatoms. The van der Waals surface area contributed by atoms with Crippen molar-refractivity contribution in [2.24, 2.45) is 51.2 Å². The Kier molecular flexibility index (Phi) is 9.70. The Bertz CT molecular complexity index is 1840. The number of rotatable bonds is 4. The van der Waals surface area contributed by atoms with Crippen molar-refractivity contribution in [2.75, 3.05) is 13.2 Å². The molecule has 0 radical (unpaired) electrons. The van der Waals surface area contributed by atoms with Crippen LogP contribution in [0.3, 0.4) is 0 Å². The third-order valence-electron chi connectivity index (χ3n) is 17.1. The van der Waals surface area contributed by atoms with E-state index in [2.05, 4.69) is 6.92 Å². The van der Waals surface area contributed by atoms with Crippen molar-refractivity contribution in [1.29, 1.82) is 0 Å². The summed E-state index contributed by atoms with van der Waals surface area (Å²) in [5.41, 5.74) is -6.95. The molecule has 0 aromatic rings. The Morgan fingerprint density at radius 3 is 1.93 bits per heavy atom. The number of allylic oxidation sites excluding steroid dienone is 8. The third-order valence-corrected chi connectivity index (χ3v) is 18.7. The average molecular weight is 806 g/mol. The van der Waals surface area contributed by atoms with Crippen LogP contribution in [0, 0.1) is 51.2 Å². The highest BCUT2D eigenvalue weighted by Crippen LogP contribution is 2.73. The van der Waals surface area contributed by atoms with Gasteiger partial charge in [0.15, 0.2) is 28.8 Å². The van der Waals surface area contributed by atoms with Crippen LogP contribution >= 0.6 is 23.2 Å². The number of carbonyl (C=O) groups is 4. The number of aliphatic hydroxyl groups excluding tert-OH is 3. The lowest BCUT2D eigenvalue weighted by molar-refractivity contribution is -0.219. The Morgan fingerprint density at radius 2 is 1.35 bits per heavy atom. The van der Waals surface area contributed by atoms with E-state index in [4.69, 9.17) is 23.2 Å². The number of aliphatic hydroxyl groups is 5. The van der Waals surface area contributed by atoms with Gasteiger partial charge in [0, 0.05) is 27.6 Å². The van der Waals surface area contributed by atoms with Crippen molar-refractivity contribution < 1.29 is 49.1 Å². The first-order valence-electron chi connectivity index (χ1n) is 19.8. The van der Waals surface area contributed by atoms with Gasteiger partial charge in [-0.1, -0.05) is 51.0 Å². The quantitative estimate of drug-likeness (QED) is 0.244. The average Bonchev–Trinajstić information content (AvgIpc) is 3.52. The number of carbonyl (C=O) groups excluding carboxylic acids is 4. The smallest absolute Gasteiger partial charge is 0.190 e. The van der Waals surface area contributed by atoms with Crippen molar-refractivity contribution in [3.05, 3.63) is 47.6 Å². The minimum Gasteiger partial charge on any atom is -0.390 e. The largest absolute Gasteiger partial charge is 0.390 e. The molecular formula is C43H55Cl2FO9. The fourth-order valence-electron chi connectivity index (χ4n) is 14.0. The van der Waals surface area contributed by atoms with Crippen LogP contribution in [0.1, 0.15) is 92.4 Å². The standard InChI is InChI=1S/C22H29FO5.C21H26Cl2O4/c1-12-8-16-15-5-4-13-9-14(25)6-7-19(13,2)21(15,23)17(26)10-20(16,3)22(12,28)18(27)11-24;1-18-7-5-13(25)9-12(18)3-4-15-14-6-8-20(27,17(26)11-24)19(14,2)10-16(22)21(15,18)23/h6-7,9,12,15-17,24,26,28H,4-5,8,10-11H2,1-3H3;5,7,9,14-16,24,27H,3-4,6,8,10-11H2,1-2H3/t12-,15+,16+,17+,19+,20+,21+,22+;14-,15-,16-,18-,19-,20-,21-/m10/s1. The maximum Gasteiger partial charge on any atom is 0.190 e. The molecule has 8 rings (SSSR count). The lowest BCUT2D eigenvalue weighted by Gasteiger charge is -2.63. The highest BCUT2D eigenvalue weighted by atomic mass is 35.5. The zero-order chi connectivity index (χ0) is 40.5. The summed E-state index contributed by atoms with van der Waals surface area (Å²) in [6.07, 6.45) is 12.6. The molecule has 6 fully saturated rings. The summed E-state index contributed by atoms with van der Waals surface area (Å²) < 4.78 is 16.9. The number of ketones is 4. The van der Waals surface area contributed by atoms with Crippen molar-refractivity contribution in [1.82, 2.24) is 0 Å². The Labute approximate surface area is 332 Å². The Balaban J connectivity index is 0.000000169. The van der Waals surface area contributed by atoms with Gasteiger partial charge in [0.05, 0.1) is 16.4 Å². The third kappa shape index (κ3) is 4.94. The molecule has 8 aliphatic carbocycles. The van der Waals surface area contributed by atoms with Crippen LogP contribution in [0.2, 0.25) is 0 Å². The van der Waals surface area contributed by atoms with E-state index in [9.17, 15) is 44.7 Å². The molecule has 6 saturated carbocycles. The van der Waals surface area contributed by atoms with Crippen LogP contribution in [0.25, 0.3) is 0 Å². The number of Topliss-reactive ketones (excluding diaryl/α,β-unsaturated/α-hetero) is 2. The molecule has 5 N–H and O–H groups in total. The number of halogens is 3. The molecule has 0 unspecified atom stereocenters. The van der Waals surface area contributed by atoms with Crippen LogP contribution in [0.15, 0.2) is 47.6 Å². The van der Waals surface area contributed by atoms with Crippen molar-refractivity contribution in [3.8, 4) is 0 Å². The van der Waals surface area contributed by atoms with Gasteiger partial charge in [-0.2, -0.15) is 0 Å². The molecule has 8 aliphatic rings. The highest BCUT2D eigenvalue weighted by Gasteiger charge is 2.76. The summed E-state index contributed by atoms with van der Waals surface area (Å²) in [5, 5.41) is 52.2. The summed E-state index contributed by atoms with van der Waals surface area (Å²) in [4.78, 5) is 47.9. The van der Waals surface area contributed by atoms with E-state index >= 15 is 4.39 Å². The van der Waals surface area contributed by atoms with E-state index in [1.54, 1.807) is 39.0 Å². The van der Waals surface area contributed by atoms with E-state index in [-0.39, 0.29) is 35.7 Å². The second kappa shape index (κ2) is 13.0. The van der Waals surface area contributed by atoms with E-state index in [1.165, 1.54) is 12.2 Å². The molecular weight excluding hydrogens is 750 g/mol. The van der Waals surface area contributed by atoms with Gasteiger partial charge in [0.25, 0.3) is 0 Å². The Morgan fingerprint density at radius 1 is 0.800 bits per heavy atom. The van der Waals surface area contributed by atoms with Gasteiger partial charge >= 0.3 is 0 Å². The van der Waals surface area contributed by atoms with E-state index < -0.39 is 91.5 Å². The molecule has 0 spiro atoms. The molecule has 0 amide bonds. The minimum absolute atomic E-state index is 0.0148. The Hall–Kier alpha value is -2.05. The summed E-state index contributed by atoms with van der Waals surface area (Å²) in [5.74, 6) is -2.61. The van der Waals surface area contributed by atoms with Crippen molar-refractivity contribution >= 4 is 46.3 Å². The van der Waals surface area contributed by atoms with Gasteiger partial charge in [-0.05, 0) is 113 Å². The normalized spacial score (nSPS) is 51.9. The summed E-state index contributed by atoms with van der Waals surface area (Å²) in [6.45, 7) is 7.79. The SMILES string of the molecule is C[C@@H]1C[C@H]2[C@@H]3CCC4=CC(=O)C=C[C@]4(C)[C@@]3(F)[C@@H](O)C[C@]2(C)[C@@]1(O)C(=O)CO.C[C@]12C=CC(=O)C=C1CC[C@H]1[C@@H]3CC[C@](O)(C(=O)CO)[C@@]3(C)C[C@H](Cl)[C@@]12Cl. The van der Waals surface area contributed by atoms with Crippen LogP contribution in [0.4, 0.5) is 4.39 Å². The predicted molar refractivity (Wildman–Crippen MR) is 204 cm³/mol. The van der Waals surface area contributed by atoms with Crippen LogP contribution in [-0.4, -0.2) is 95.1 Å². The van der Waals surface area contributed by atoms with Gasteiger partial charge in [-0.3, -0.25) is 19.2 Å². The summed E-state index contributed by atoms with van der Waals surface area (Å²) >= 11 is 14.3. The maximum absolute atomic E-state index is 16.9. The number of hydrogen-bond acceptors (Lipinski definition) is 9. The lowest BCUT2D eigenvalue weighted by Crippen LogP contribution is -2.69. The van der Waals surface area contributed by atoms with Crippen LogP contribution < -0.4 is 0 Å². The molecule has 0 aromatic carbocycles. The molecule has 302 valence electrons. The van der Waals surface area contributed by atoms with E-state index in [0.29, 0.717) is 44.1 Å². The molecule has 0 bridgehead atoms. The fraction of sp³-hybridized carbons (Fsp3) is 0.721. The summed E-state index contributed by atoms with van der Waals surface area (Å²) in [7, 11) is 0. The number of alkyl halides is 3. The first-order valence-corrected chi connectivity index (χ1v) is 20.6. The van der Waals surface area contributed by atoms with E-state index in [0.717, 1.165) is 18.4 Å². The molecule has 0 saturated heterocycles. The van der Waals surface area contributed by atoms with Gasteiger partial charge < -0.3 is 25.5 Å².